The zero-order valence-corrected chi connectivity index (χ0v) is 12.6. The Labute approximate surface area is 123 Å². The van der Waals surface area contributed by atoms with Crippen molar-refractivity contribution >= 4 is 33.7 Å². The summed E-state index contributed by atoms with van der Waals surface area (Å²) in [5.41, 5.74) is 1.60. The van der Waals surface area contributed by atoms with Crippen molar-refractivity contribution < 1.29 is 9.53 Å². The van der Waals surface area contributed by atoms with Crippen molar-refractivity contribution in [2.45, 2.75) is 10.9 Å². The molecule has 0 amide bonds. The maximum atomic E-state index is 11.4. The van der Waals surface area contributed by atoms with Gasteiger partial charge in [-0.3, -0.25) is 0 Å². The van der Waals surface area contributed by atoms with Crippen molar-refractivity contribution in [3.8, 4) is 0 Å². The van der Waals surface area contributed by atoms with Gasteiger partial charge < -0.3 is 4.74 Å². The van der Waals surface area contributed by atoms with E-state index < -0.39 is 0 Å². The first-order valence-electron chi connectivity index (χ1n) is 5.47. The van der Waals surface area contributed by atoms with Gasteiger partial charge in [0.2, 0.25) is 0 Å². The summed E-state index contributed by atoms with van der Waals surface area (Å²) in [6, 6.07) is 7.18. The molecule has 98 valence electrons. The third-order valence-corrected chi connectivity index (χ3v) is 4.04. The Kier molecular flexibility index (Phi) is 4.93. The third kappa shape index (κ3) is 3.78. The number of carbonyl (C=O) groups excluding carboxylic acids is 1. The van der Waals surface area contributed by atoms with Crippen LogP contribution in [0.4, 0.5) is 0 Å². The Morgan fingerprint density at radius 1 is 1.37 bits per heavy atom. The first kappa shape index (κ1) is 14.0. The van der Waals surface area contributed by atoms with Gasteiger partial charge >= 0.3 is 5.97 Å². The lowest BCUT2D eigenvalue weighted by Crippen LogP contribution is -2.01. The summed E-state index contributed by atoms with van der Waals surface area (Å²) in [6.07, 6.45) is 3.43. The van der Waals surface area contributed by atoms with Crippen molar-refractivity contribution in [1.82, 2.24) is 9.97 Å². The second kappa shape index (κ2) is 6.68. The van der Waals surface area contributed by atoms with Crippen LogP contribution in [0.2, 0.25) is 0 Å². The second-order valence-electron chi connectivity index (χ2n) is 3.62. The standard InChI is InChI=1S/C13H11BrN2O2S/c1-18-12(17)9-3-4-10(11(14)7-9)8-19-13-15-5-2-6-16-13/h2-7H,8H2,1H3. The molecule has 2 rings (SSSR count). The van der Waals surface area contributed by atoms with Crippen LogP contribution in [0.25, 0.3) is 0 Å². The third-order valence-electron chi connectivity index (χ3n) is 2.37. The molecule has 1 heterocycles. The molecular formula is C13H11BrN2O2S. The monoisotopic (exact) mass is 338 g/mol. The van der Waals surface area contributed by atoms with Crippen LogP contribution in [0.5, 0.6) is 0 Å². The smallest absolute Gasteiger partial charge is 0.337 e. The molecule has 19 heavy (non-hydrogen) atoms. The highest BCUT2D eigenvalue weighted by Crippen LogP contribution is 2.25. The summed E-state index contributed by atoms with van der Waals surface area (Å²) in [5, 5.41) is 0.728. The highest BCUT2D eigenvalue weighted by Gasteiger charge is 2.09. The average molecular weight is 339 g/mol. The van der Waals surface area contributed by atoms with E-state index >= 15 is 0 Å². The first-order chi connectivity index (χ1) is 9.20. The summed E-state index contributed by atoms with van der Waals surface area (Å²) in [7, 11) is 1.37. The van der Waals surface area contributed by atoms with Crippen LogP contribution in [0.15, 0.2) is 46.3 Å². The van der Waals surface area contributed by atoms with Crippen LogP contribution in [0, 0.1) is 0 Å². The Morgan fingerprint density at radius 3 is 2.74 bits per heavy atom. The van der Waals surface area contributed by atoms with Gasteiger partial charge in [0.05, 0.1) is 12.7 Å². The fourth-order valence-electron chi connectivity index (χ4n) is 1.41. The minimum atomic E-state index is -0.341. The number of benzene rings is 1. The fourth-order valence-corrected chi connectivity index (χ4v) is 2.92. The summed E-state index contributed by atoms with van der Waals surface area (Å²) in [4.78, 5) is 19.7. The molecule has 1 aromatic heterocycles. The molecule has 0 N–H and O–H groups in total. The number of halogens is 1. The molecule has 0 spiro atoms. The molecule has 1 aromatic carbocycles. The lowest BCUT2D eigenvalue weighted by atomic mass is 10.1. The van der Waals surface area contributed by atoms with E-state index in [1.807, 2.05) is 6.07 Å². The van der Waals surface area contributed by atoms with Crippen molar-refractivity contribution in [2.24, 2.45) is 0 Å². The number of carbonyl (C=O) groups is 1. The molecule has 6 heteroatoms. The minimum Gasteiger partial charge on any atom is -0.465 e. The van der Waals surface area contributed by atoms with Crippen LogP contribution in [0.3, 0.4) is 0 Å². The predicted molar refractivity (Wildman–Crippen MR) is 77.1 cm³/mol. The van der Waals surface area contributed by atoms with Gasteiger partial charge in [-0.1, -0.05) is 33.8 Å². The molecule has 0 aliphatic heterocycles. The maximum absolute atomic E-state index is 11.4. The average Bonchev–Trinajstić information content (AvgIpc) is 2.46. The van der Waals surface area contributed by atoms with Crippen molar-refractivity contribution in [2.75, 3.05) is 7.11 Å². The number of thioether (sulfide) groups is 1. The normalized spacial score (nSPS) is 10.2. The number of rotatable bonds is 4. The molecular weight excluding hydrogens is 328 g/mol. The molecule has 0 aliphatic carbocycles. The van der Waals surface area contributed by atoms with E-state index in [1.54, 1.807) is 30.6 Å². The SMILES string of the molecule is COC(=O)c1ccc(CSc2ncccn2)c(Br)c1. The molecule has 0 bridgehead atoms. The Balaban J connectivity index is 2.07. The van der Waals surface area contributed by atoms with Crippen LogP contribution in [-0.2, 0) is 10.5 Å². The number of ether oxygens (including phenoxy) is 1. The number of hydrogen-bond acceptors (Lipinski definition) is 5. The summed E-state index contributed by atoms with van der Waals surface area (Å²) >= 11 is 5.00. The van der Waals surface area contributed by atoms with E-state index in [-0.39, 0.29) is 5.97 Å². The van der Waals surface area contributed by atoms with Crippen molar-refractivity contribution in [3.63, 3.8) is 0 Å². The summed E-state index contributed by atoms with van der Waals surface area (Å²) in [6.45, 7) is 0. The Bertz CT molecular complexity index is 578. The molecule has 0 saturated heterocycles. The number of nitrogens with zero attached hydrogens (tertiary/aromatic N) is 2. The van der Waals surface area contributed by atoms with Gasteiger partial charge in [0.15, 0.2) is 5.16 Å². The van der Waals surface area contributed by atoms with E-state index in [0.29, 0.717) is 5.56 Å². The molecule has 0 aliphatic rings. The highest BCUT2D eigenvalue weighted by atomic mass is 79.9. The number of methoxy groups -OCH3 is 1. The molecule has 0 unspecified atom stereocenters. The highest BCUT2D eigenvalue weighted by molar-refractivity contribution is 9.10. The van der Waals surface area contributed by atoms with Gasteiger partial charge in [-0.25, -0.2) is 14.8 Å². The minimum absolute atomic E-state index is 0.341. The molecule has 0 radical (unpaired) electrons. The first-order valence-corrected chi connectivity index (χ1v) is 7.25. The lowest BCUT2D eigenvalue weighted by molar-refractivity contribution is 0.0600. The number of hydrogen-bond donors (Lipinski definition) is 0. The molecule has 0 saturated carbocycles. The van der Waals surface area contributed by atoms with Crippen LogP contribution >= 0.6 is 27.7 Å². The number of aromatic nitrogens is 2. The molecule has 2 aromatic rings. The van der Waals surface area contributed by atoms with Gasteiger partial charge in [-0.05, 0) is 23.8 Å². The van der Waals surface area contributed by atoms with Gasteiger partial charge in [-0.15, -0.1) is 0 Å². The fraction of sp³-hybridized carbons (Fsp3) is 0.154. The van der Waals surface area contributed by atoms with Crippen LogP contribution in [-0.4, -0.2) is 23.0 Å². The zero-order chi connectivity index (χ0) is 13.7. The zero-order valence-electron chi connectivity index (χ0n) is 10.2. The van der Waals surface area contributed by atoms with Gasteiger partial charge in [-0.2, -0.15) is 0 Å². The van der Waals surface area contributed by atoms with Crippen molar-refractivity contribution in [3.05, 3.63) is 52.3 Å². The van der Waals surface area contributed by atoms with E-state index in [1.165, 1.54) is 18.9 Å². The largest absolute Gasteiger partial charge is 0.465 e. The van der Waals surface area contributed by atoms with E-state index in [4.69, 9.17) is 0 Å². The van der Waals surface area contributed by atoms with Crippen molar-refractivity contribution in [1.29, 1.82) is 0 Å². The van der Waals surface area contributed by atoms with Gasteiger partial charge in [0.25, 0.3) is 0 Å². The van der Waals surface area contributed by atoms with Crippen LogP contribution < -0.4 is 0 Å². The summed E-state index contributed by atoms with van der Waals surface area (Å²) < 4.78 is 5.55. The summed E-state index contributed by atoms with van der Waals surface area (Å²) in [5.74, 6) is 0.387. The maximum Gasteiger partial charge on any atom is 0.337 e. The van der Waals surface area contributed by atoms with E-state index in [2.05, 4.69) is 30.6 Å². The van der Waals surface area contributed by atoms with Gasteiger partial charge in [0, 0.05) is 22.6 Å². The van der Waals surface area contributed by atoms with Crippen LogP contribution in [0.1, 0.15) is 15.9 Å². The molecule has 4 nitrogen and oxygen atoms in total. The predicted octanol–water partition coefficient (Wildman–Crippen LogP) is 3.32. The second-order valence-corrected chi connectivity index (χ2v) is 5.41. The number of esters is 1. The topological polar surface area (TPSA) is 52.1 Å². The van der Waals surface area contributed by atoms with Gasteiger partial charge in [0.1, 0.15) is 0 Å². The Morgan fingerprint density at radius 2 is 2.11 bits per heavy atom. The molecule has 0 atom stereocenters. The molecule has 0 fully saturated rings. The lowest BCUT2D eigenvalue weighted by Gasteiger charge is -2.05. The van der Waals surface area contributed by atoms with E-state index in [9.17, 15) is 4.79 Å². The quantitative estimate of drug-likeness (QED) is 0.486. The van der Waals surface area contributed by atoms with E-state index in [0.717, 1.165) is 20.9 Å². The Hall–Kier alpha value is -1.40.